The van der Waals surface area contributed by atoms with Crippen molar-refractivity contribution in [1.82, 2.24) is 0 Å². The first-order valence-corrected chi connectivity index (χ1v) is 5.73. The summed E-state index contributed by atoms with van der Waals surface area (Å²) in [6, 6.07) is 10.6. The number of hydrogen-bond acceptors (Lipinski definition) is 2. The van der Waals surface area contributed by atoms with E-state index in [0.717, 1.165) is 5.56 Å². The number of halogens is 3. The maximum Gasteiger partial charge on any atom is 0.335 e. The van der Waals surface area contributed by atoms with Crippen LogP contribution in [0.2, 0.25) is 5.02 Å². The second kappa shape index (κ2) is 7.88. The lowest BCUT2D eigenvalue weighted by atomic mass is 10.0. The highest BCUT2D eigenvalue weighted by Crippen LogP contribution is 2.29. The van der Waals surface area contributed by atoms with Crippen LogP contribution >= 0.6 is 36.4 Å². The zero-order chi connectivity index (χ0) is 14.0. The van der Waals surface area contributed by atoms with E-state index in [4.69, 9.17) is 21.8 Å². The van der Waals surface area contributed by atoms with Gasteiger partial charge in [-0.1, -0.05) is 29.8 Å². The SMILES string of the molecule is Cl.Cl.O=C(O)c1ccc(-c2ccc(C(=O)O)cc2Cl)cc1. The molecule has 2 rings (SSSR count). The molecular weight excluding hydrogens is 339 g/mol. The van der Waals surface area contributed by atoms with E-state index in [0.29, 0.717) is 10.6 Å². The van der Waals surface area contributed by atoms with E-state index in [1.54, 1.807) is 18.2 Å². The van der Waals surface area contributed by atoms with Crippen LogP contribution in [0.4, 0.5) is 0 Å². The largest absolute Gasteiger partial charge is 0.478 e. The summed E-state index contributed by atoms with van der Waals surface area (Å²) in [5.41, 5.74) is 1.67. The van der Waals surface area contributed by atoms with Crippen LogP contribution in [0.3, 0.4) is 0 Å². The Balaban J connectivity index is 0.00000200. The summed E-state index contributed by atoms with van der Waals surface area (Å²) in [5, 5.41) is 18.0. The van der Waals surface area contributed by atoms with E-state index >= 15 is 0 Å². The number of rotatable bonds is 3. The van der Waals surface area contributed by atoms with Gasteiger partial charge in [0.25, 0.3) is 0 Å². The molecule has 0 bridgehead atoms. The van der Waals surface area contributed by atoms with Crippen LogP contribution < -0.4 is 0 Å². The molecule has 0 radical (unpaired) electrons. The highest BCUT2D eigenvalue weighted by molar-refractivity contribution is 6.33. The van der Waals surface area contributed by atoms with Crippen molar-refractivity contribution in [2.24, 2.45) is 0 Å². The number of carboxylic acid groups (broad SMARTS) is 2. The van der Waals surface area contributed by atoms with E-state index in [1.165, 1.54) is 24.3 Å². The van der Waals surface area contributed by atoms with E-state index < -0.39 is 11.9 Å². The topological polar surface area (TPSA) is 74.6 Å². The Morgan fingerprint density at radius 1 is 0.810 bits per heavy atom. The van der Waals surface area contributed by atoms with Gasteiger partial charge in [-0.15, -0.1) is 24.8 Å². The lowest BCUT2D eigenvalue weighted by molar-refractivity contribution is 0.0686. The Bertz CT molecular complexity index is 654. The van der Waals surface area contributed by atoms with Crippen molar-refractivity contribution >= 4 is 48.4 Å². The summed E-state index contributed by atoms with van der Waals surface area (Å²) in [6.07, 6.45) is 0. The Kier molecular flexibility index (Phi) is 7.22. The normalized spacial score (nSPS) is 9.19. The molecule has 0 atom stereocenters. The molecule has 0 aliphatic rings. The molecule has 0 amide bonds. The summed E-state index contributed by atoms with van der Waals surface area (Å²) in [6.45, 7) is 0. The molecule has 0 spiro atoms. The van der Waals surface area contributed by atoms with Crippen molar-refractivity contribution in [3.05, 3.63) is 58.6 Å². The number of aromatic carboxylic acids is 2. The van der Waals surface area contributed by atoms with Crippen molar-refractivity contribution in [1.29, 1.82) is 0 Å². The molecular formula is C14H11Cl3O4. The standard InChI is InChI=1S/C14H9ClO4.2ClH/c15-12-7-10(14(18)19)5-6-11(12)8-1-3-9(4-2-8)13(16)17;;/h1-7H,(H,16,17)(H,18,19);2*1H. The van der Waals surface area contributed by atoms with Crippen molar-refractivity contribution in [2.75, 3.05) is 0 Å². The second-order valence-corrected chi connectivity index (χ2v) is 4.29. The molecule has 0 heterocycles. The third-order valence-electron chi connectivity index (χ3n) is 2.66. The van der Waals surface area contributed by atoms with E-state index in [-0.39, 0.29) is 35.9 Å². The van der Waals surface area contributed by atoms with Gasteiger partial charge in [-0.2, -0.15) is 0 Å². The van der Waals surface area contributed by atoms with Gasteiger partial charge in [0.2, 0.25) is 0 Å². The fourth-order valence-electron chi connectivity index (χ4n) is 1.67. The molecule has 7 heteroatoms. The molecule has 112 valence electrons. The van der Waals surface area contributed by atoms with Gasteiger partial charge in [0.1, 0.15) is 0 Å². The molecule has 2 N–H and O–H groups in total. The highest BCUT2D eigenvalue weighted by Gasteiger charge is 2.09. The minimum Gasteiger partial charge on any atom is -0.478 e. The van der Waals surface area contributed by atoms with Crippen LogP contribution in [0.5, 0.6) is 0 Å². The van der Waals surface area contributed by atoms with E-state index in [1.807, 2.05) is 0 Å². The van der Waals surface area contributed by atoms with Crippen molar-refractivity contribution in [3.8, 4) is 11.1 Å². The average molecular weight is 350 g/mol. The smallest absolute Gasteiger partial charge is 0.335 e. The van der Waals surface area contributed by atoms with Crippen molar-refractivity contribution in [2.45, 2.75) is 0 Å². The average Bonchev–Trinajstić information content (AvgIpc) is 2.38. The number of carboxylic acids is 2. The number of carbonyl (C=O) groups is 2. The zero-order valence-electron chi connectivity index (χ0n) is 10.4. The Labute approximate surface area is 138 Å². The molecule has 0 aliphatic heterocycles. The lowest BCUT2D eigenvalue weighted by Crippen LogP contribution is -1.97. The third-order valence-corrected chi connectivity index (χ3v) is 2.97. The van der Waals surface area contributed by atoms with Crippen LogP contribution in [0.15, 0.2) is 42.5 Å². The molecule has 2 aromatic rings. The van der Waals surface area contributed by atoms with Crippen molar-refractivity contribution < 1.29 is 19.8 Å². The fraction of sp³-hybridized carbons (Fsp3) is 0. The van der Waals surface area contributed by atoms with Gasteiger partial charge in [-0.25, -0.2) is 9.59 Å². The highest BCUT2D eigenvalue weighted by atomic mass is 35.5. The maximum atomic E-state index is 10.8. The van der Waals surface area contributed by atoms with Gasteiger partial charge in [-0.05, 0) is 29.8 Å². The van der Waals surface area contributed by atoms with Crippen LogP contribution in [0.1, 0.15) is 20.7 Å². The summed E-state index contributed by atoms with van der Waals surface area (Å²) in [4.78, 5) is 21.5. The Morgan fingerprint density at radius 2 is 1.29 bits per heavy atom. The van der Waals surface area contributed by atoms with Crippen LogP contribution in [-0.4, -0.2) is 22.2 Å². The first-order chi connectivity index (χ1) is 8.99. The molecule has 2 aromatic carbocycles. The van der Waals surface area contributed by atoms with Gasteiger partial charge < -0.3 is 10.2 Å². The van der Waals surface area contributed by atoms with Gasteiger partial charge in [0.15, 0.2) is 0 Å². The monoisotopic (exact) mass is 348 g/mol. The summed E-state index contributed by atoms with van der Waals surface area (Å²) < 4.78 is 0. The summed E-state index contributed by atoms with van der Waals surface area (Å²) in [5.74, 6) is -2.05. The van der Waals surface area contributed by atoms with Crippen LogP contribution in [0.25, 0.3) is 11.1 Å². The molecule has 0 unspecified atom stereocenters. The maximum absolute atomic E-state index is 10.8. The minimum atomic E-state index is -1.05. The Morgan fingerprint density at radius 3 is 1.71 bits per heavy atom. The molecule has 4 nitrogen and oxygen atoms in total. The first kappa shape index (κ1) is 19.2. The molecule has 0 aromatic heterocycles. The molecule has 0 saturated heterocycles. The molecule has 21 heavy (non-hydrogen) atoms. The number of hydrogen-bond donors (Lipinski definition) is 2. The van der Waals surface area contributed by atoms with Gasteiger partial charge >= 0.3 is 11.9 Å². The zero-order valence-corrected chi connectivity index (χ0v) is 12.8. The summed E-state index contributed by atoms with van der Waals surface area (Å²) >= 11 is 6.03. The lowest BCUT2D eigenvalue weighted by Gasteiger charge is -2.06. The molecule has 0 fully saturated rings. The summed E-state index contributed by atoms with van der Waals surface area (Å²) in [7, 11) is 0. The molecule has 0 aliphatic carbocycles. The van der Waals surface area contributed by atoms with Gasteiger partial charge in [0, 0.05) is 10.6 Å². The predicted octanol–water partition coefficient (Wildman–Crippen LogP) is 4.25. The predicted molar refractivity (Wildman–Crippen MR) is 85.3 cm³/mol. The first-order valence-electron chi connectivity index (χ1n) is 5.35. The van der Waals surface area contributed by atoms with Crippen LogP contribution in [0, 0.1) is 0 Å². The Hall–Kier alpha value is -1.75. The van der Waals surface area contributed by atoms with Gasteiger partial charge in [0.05, 0.1) is 11.1 Å². The second-order valence-electron chi connectivity index (χ2n) is 3.88. The quantitative estimate of drug-likeness (QED) is 0.869. The molecule has 0 saturated carbocycles. The minimum absolute atomic E-state index is 0. The number of benzene rings is 2. The fourth-order valence-corrected chi connectivity index (χ4v) is 1.96. The van der Waals surface area contributed by atoms with Crippen LogP contribution in [-0.2, 0) is 0 Å². The third kappa shape index (κ3) is 4.36. The van der Waals surface area contributed by atoms with E-state index in [9.17, 15) is 9.59 Å². The van der Waals surface area contributed by atoms with E-state index in [2.05, 4.69) is 0 Å². The van der Waals surface area contributed by atoms with Crippen molar-refractivity contribution in [3.63, 3.8) is 0 Å². The van der Waals surface area contributed by atoms with Gasteiger partial charge in [-0.3, -0.25) is 0 Å².